The fourth-order valence-corrected chi connectivity index (χ4v) is 5.89. The van der Waals surface area contributed by atoms with Gasteiger partial charge in [-0.2, -0.15) is 0 Å². The van der Waals surface area contributed by atoms with Gasteiger partial charge in [0.15, 0.2) is 5.78 Å². The van der Waals surface area contributed by atoms with Crippen LogP contribution in [-0.2, 0) is 9.59 Å². The Morgan fingerprint density at radius 2 is 1.60 bits per heavy atom. The molecule has 0 N–H and O–H groups in total. The van der Waals surface area contributed by atoms with Crippen molar-refractivity contribution in [2.24, 2.45) is 11.8 Å². The second-order valence-electron chi connectivity index (χ2n) is 8.82. The molecule has 0 aliphatic carbocycles. The van der Waals surface area contributed by atoms with Crippen LogP contribution in [0, 0.1) is 17.7 Å². The number of hydrogen-bond donors (Lipinski definition) is 0. The Bertz CT molecular complexity index is 1420. The molecule has 8 heteroatoms. The minimum absolute atomic E-state index is 0.252. The molecular weight excluding hydrogens is 535 g/mol. The topological polar surface area (TPSA) is 57.7 Å². The summed E-state index contributed by atoms with van der Waals surface area (Å²) in [5, 5.41) is 0.496. The highest BCUT2D eigenvalue weighted by molar-refractivity contribution is 9.10. The van der Waals surface area contributed by atoms with E-state index in [1.807, 2.05) is 23.1 Å². The first-order valence-electron chi connectivity index (χ1n) is 11.0. The van der Waals surface area contributed by atoms with Gasteiger partial charge < -0.3 is 4.90 Å². The lowest BCUT2D eigenvalue weighted by atomic mass is 9.86. The highest BCUT2D eigenvalue weighted by Crippen LogP contribution is 2.50. The van der Waals surface area contributed by atoms with E-state index in [9.17, 15) is 18.8 Å². The molecular formula is C27H17BrClFN2O3. The fourth-order valence-electron chi connectivity index (χ4n) is 5.46. The molecule has 6 rings (SSSR count). The molecule has 0 radical (unpaired) electrons. The number of ketones is 1. The van der Waals surface area contributed by atoms with Gasteiger partial charge in [0.05, 0.1) is 23.6 Å². The molecule has 3 aromatic carbocycles. The van der Waals surface area contributed by atoms with Crippen LogP contribution < -0.4 is 9.80 Å². The largest absolute Gasteiger partial charge is 0.352 e. The van der Waals surface area contributed by atoms with E-state index in [4.69, 9.17) is 11.6 Å². The Balaban J connectivity index is 1.50. The van der Waals surface area contributed by atoms with Crippen LogP contribution in [-0.4, -0.2) is 29.7 Å². The highest BCUT2D eigenvalue weighted by Gasteiger charge is 2.64. The van der Waals surface area contributed by atoms with Crippen molar-refractivity contribution in [2.45, 2.75) is 12.1 Å². The molecule has 0 bridgehead atoms. The summed E-state index contributed by atoms with van der Waals surface area (Å²) in [4.78, 5) is 44.4. The summed E-state index contributed by atoms with van der Waals surface area (Å²) in [6.45, 7) is 0. The minimum Gasteiger partial charge on any atom is -0.352 e. The lowest BCUT2D eigenvalue weighted by Gasteiger charge is -2.36. The molecule has 3 heterocycles. The van der Waals surface area contributed by atoms with Crippen LogP contribution in [0.2, 0.25) is 5.02 Å². The second kappa shape index (κ2) is 8.14. The van der Waals surface area contributed by atoms with E-state index in [-0.39, 0.29) is 5.78 Å². The molecule has 0 saturated carbocycles. The van der Waals surface area contributed by atoms with Crippen molar-refractivity contribution in [1.29, 1.82) is 0 Å². The van der Waals surface area contributed by atoms with Crippen LogP contribution in [0.4, 0.5) is 15.8 Å². The van der Waals surface area contributed by atoms with E-state index in [1.54, 1.807) is 36.4 Å². The molecule has 0 unspecified atom stereocenters. The second-order valence-corrected chi connectivity index (χ2v) is 10.2. The lowest BCUT2D eigenvalue weighted by Crippen LogP contribution is -2.48. The molecule has 3 aliphatic heterocycles. The highest BCUT2D eigenvalue weighted by atomic mass is 79.9. The van der Waals surface area contributed by atoms with Crippen LogP contribution in [0.5, 0.6) is 0 Å². The maximum Gasteiger partial charge on any atom is 0.240 e. The Hall–Kier alpha value is -3.29. The zero-order chi connectivity index (χ0) is 24.4. The molecule has 2 fully saturated rings. The van der Waals surface area contributed by atoms with Crippen molar-refractivity contribution in [3.63, 3.8) is 0 Å². The number of nitrogens with zero attached hydrogens (tertiary/aromatic N) is 2. The van der Waals surface area contributed by atoms with Crippen molar-refractivity contribution >= 4 is 62.6 Å². The SMILES string of the molecule is O=C(c1ccc(Br)cc1)[C@@H]1[C@@H]2C(=O)N(c3ccc(F)cc3)C(=O)[C@H]2[C@@H]2C=Cc3ccc(Cl)cc3N12. The van der Waals surface area contributed by atoms with Gasteiger partial charge in [-0.25, -0.2) is 9.29 Å². The van der Waals surface area contributed by atoms with Gasteiger partial charge in [0.1, 0.15) is 11.9 Å². The lowest BCUT2D eigenvalue weighted by molar-refractivity contribution is -0.122. The third kappa shape index (κ3) is 3.37. The minimum atomic E-state index is -0.907. The van der Waals surface area contributed by atoms with E-state index in [1.165, 1.54) is 24.3 Å². The Morgan fingerprint density at radius 3 is 2.31 bits per heavy atom. The number of benzene rings is 3. The monoisotopic (exact) mass is 550 g/mol. The predicted octanol–water partition coefficient (Wildman–Crippen LogP) is 5.51. The zero-order valence-electron chi connectivity index (χ0n) is 18.1. The Labute approximate surface area is 213 Å². The average Bonchev–Trinajstić information content (AvgIpc) is 3.33. The molecule has 3 aromatic rings. The summed E-state index contributed by atoms with van der Waals surface area (Å²) >= 11 is 9.70. The third-order valence-corrected chi connectivity index (χ3v) is 7.72. The first-order chi connectivity index (χ1) is 16.8. The van der Waals surface area contributed by atoms with Gasteiger partial charge in [0.2, 0.25) is 11.8 Å². The van der Waals surface area contributed by atoms with E-state index >= 15 is 0 Å². The number of carbonyl (C=O) groups is 3. The van der Waals surface area contributed by atoms with Gasteiger partial charge in [-0.3, -0.25) is 14.4 Å². The van der Waals surface area contributed by atoms with Crippen LogP contribution in [0.15, 0.2) is 77.3 Å². The maximum absolute atomic E-state index is 13.9. The normalized spacial score (nSPS) is 24.4. The zero-order valence-corrected chi connectivity index (χ0v) is 20.4. The maximum atomic E-state index is 13.9. The van der Waals surface area contributed by atoms with Gasteiger partial charge in [-0.1, -0.05) is 57.9 Å². The van der Waals surface area contributed by atoms with Gasteiger partial charge in [-0.15, -0.1) is 0 Å². The number of Topliss-reactive ketones (excluding diaryl/α,β-unsaturated/α-hetero) is 1. The molecule has 5 nitrogen and oxygen atoms in total. The molecule has 2 amide bonds. The molecule has 0 spiro atoms. The van der Waals surface area contributed by atoms with Crippen molar-refractivity contribution in [2.75, 3.05) is 9.80 Å². The standard InChI is InChI=1S/C27H17BrClFN2O3/c28-16-5-1-15(2-6-16)25(33)24-23-22(20-12-4-14-3-7-17(29)13-21(14)32(20)24)26(34)31(27(23)35)19-10-8-18(30)9-11-19/h1-13,20,22-24H/t20-,22-,23+,24-/m0/s1. The van der Waals surface area contributed by atoms with Crippen molar-refractivity contribution < 1.29 is 18.8 Å². The summed E-state index contributed by atoms with van der Waals surface area (Å²) < 4.78 is 14.3. The van der Waals surface area contributed by atoms with Crippen molar-refractivity contribution in [1.82, 2.24) is 0 Å². The number of hydrogen-bond acceptors (Lipinski definition) is 4. The summed E-state index contributed by atoms with van der Waals surface area (Å²) in [6, 6.07) is 16.1. The van der Waals surface area contributed by atoms with Gasteiger partial charge in [-0.05, 0) is 54.1 Å². The summed E-state index contributed by atoms with van der Waals surface area (Å²) in [5.41, 5.74) is 2.30. The number of amides is 2. The Morgan fingerprint density at radius 1 is 0.914 bits per heavy atom. The molecule has 0 aromatic heterocycles. The number of halogens is 3. The molecule has 174 valence electrons. The van der Waals surface area contributed by atoms with E-state index < -0.39 is 41.6 Å². The number of imide groups is 1. The van der Waals surface area contributed by atoms with E-state index in [0.717, 1.165) is 14.9 Å². The van der Waals surface area contributed by atoms with Gasteiger partial charge in [0, 0.05) is 20.7 Å². The third-order valence-electron chi connectivity index (χ3n) is 6.95. The van der Waals surface area contributed by atoms with Crippen LogP contribution in [0.25, 0.3) is 6.08 Å². The molecule has 2 saturated heterocycles. The summed E-state index contributed by atoms with van der Waals surface area (Å²) in [7, 11) is 0. The van der Waals surface area contributed by atoms with E-state index in [0.29, 0.717) is 22.0 Å². The first kappa shape index (κ1) is 22.2. The Kier molecular flexibility index (Phi) is 5.16. The molecule has 35 heavy (non-hydrogen) atoms. The van der Waals surface area contributed by atoms with E-state index in [2.05, 4.69) is 15.9 Å². The van der Waals surface area contributed by atoms with Gasteiger partial charge >= 0.3 is 0 Å². The number of fused-ring (bicyclic) bond motifs is 5. The molecule has 4 atom stereocenters. The van der Waals surface area contributed by atoms with Crippen LogP contribution in [0.3, 0.4) is 0 Å². The number of rotatable bonds is 3. The summed E-state index contributed by atoms with van der Waals surface area (Å²) in [6.07, 6.45) is 3.77. The summed E-state index contributed by atoms with van der Waals surface area (Å²) in [5.74, 6) is -3.25. The fraction of sp³-hybridized carbons (Fsp3) is 0.148. The van der Waals surface area contributed by atoms with Gasteiger partial charge in [0.25, 0.3) is 0 Å². The van der Waals surface area contributed by atoms with Crippen molar-refractivity contribution in [3.8, 4) is 0 Å². The predicted molar refractivity (Wildman–Crippen MR) is 135 cm³/mol. The average molecular weight is 552 g/mol. The quantitative estimate of drug-likeness (QED) is 0.318. The number of carbonyl (C=O) groups excluding carboxylic acids is 3. The van der Waals surface area contributed by atoms with Crippen molar-refractivity contribution in [3.05, 3.63) is 99.2 Å². The molecule has 3 aliphatic rings. The first-order valence-corrected chi connectivity index (χ1v) is 12.2. The van der Waals surface area contributed by atoms with Crippen LogP contribution in [0.1, 0.15) is 15.9 Å². The smallest absolute Gasteiger partial charge is 0.240 e. The number of anilines is 2. The van der Waals surface area contributed by atoms with Crippen LogP contribution >= 0.6 is 27.5 Å².